The van der Waals surface area contributed by atoms with Gasteiger partial charge in [0.2, 0.25) is 0 Å². The molecule has 0 aromatic carbocycles. The number of hydrogen-bond donors (Lipinski definition) is 0. The van der Waals surface area contributed by atoms with E-state index in [1.807, 2.05) is 18.3 Å². The standard InChI is InChI=1S/C14H22N4O/c1-17(2)9-10-18-13(7-5-11-19-3)16-12-6-4-8-15-14(12)18/h4,6,8H,5,7,9-11H2,1-3H3. The Bertz CT molecular complexity index is 521. The predicted octanol–water partition coefficient (Wildman–Crippen LogP) is 1.57. The molecule has 0 aliphatic rings. The Morgan fingerprint density at radius 2 is 2.21 bits per heavy atom. The minimum Gasteiger partial charge on any atom is -0.385 e. The van der Waals surface area contributed by atoms with Gasteiger partial charge >= 0.3 is 0 Å². The van der Waals surface area contributed by atoms with Crippen molar-refractivity contribution in [2.75, 3.05) is 34.4 Å². The number of pyridine rings is 1. The molecular formula is C14H22N4O. The molecule has 0 spiro atoms. The average Bonchev–Trinajstić information content (AvgIpc) is 2.74. The van der Waals surface area contributed by atoms with E-state index in [0.717, 1.165) is 49.5 Å². The Morgan fingerprint density at radius 1 is 1.37 bits per heavy atom. The van der Waals surface area contributed by atoms with Crippen LogP contribution in [-0.2, 0) is 17.7 Å². The fraction of sp³-hybridized carbons (Fsp3) is 0.571. The average molecular weight is 262 g/mol. The first kappa shape index (κ1) is 14.0. The molecule has 0 bridgehead atoms. The van der Waals surface area contributed by atoms with E-state index in [1.54, 1.807) is 7.11 Å². The summed E-state index contributed by atoms with van der Waals surface area (Å²) < 4.78 is 7.34. The van der Waals surface area contributed by atoms with Crippen LogP contribution in [0.2, 0.25) is 0 Å². The maximum atomic E-state index is 5.11. The molecule has 0 radical (unpaired) electrons. The smallest absolute Gasteiger partial charge is 0.160 e. The van der Waals surface area contributed by atoms with Crippen molar-refractivity contribution in [3.8, 4) is 0 Å². The van der Waals surface area contributed by atoms with Crippen molar-refractivity contribution in [1.29, 1.82) is 0 Å². The summed E-state index contributed by atoms with van der Waals surface area (Å²) in [6.45, 7) is 2.67. The van der Waals surface area contributed by atoms with Crippen LogP contribution in [0, 0.1) is 0 Å². The Morgan fingerprint density at radius 3 is 2.95 bits per heavy atom. The van der Waals surface area contributed by atoms with Crippen molar-refractivity contribution in [1.82, 2.24) is 19.4 Å². The van der Waals surface area contributed by atoms with E-state index in [9.17, 15) is 0 Å². The SMILES string of the molecule is COCCCc1nc2cccnc2n1CCN(C)C. The number of fused-ring (bicyclic) bond motifs is 1. The van der Waals surface area contributed by atoms with Crippen molar-refractivity contribution >= 4 is 11.2 Å². The van der Waals surface area contributed by atoms with Gasteiger partial charge in [-0.25, -0.2) is 9.97 Å². The molecule has 2 aromatic heterocycles. The second kappa shape index (κ2) is 6.63. The van der Waals surface area contributed by atoms with E-state index in [-0.39, 0.29) is 0 Å². The number of nitrogens with zero attached hydrogens (tertiary/aromatic N) is 4. The summed E-state index contributed by atoms with van der Waals surface area (Å²) in [7, 11) is 5.89. The van der Waals surface area contributed by atoms with Gasteiger partial charge in [0.15, 0.2) is 5.65 Å². The van der Waals surface area contributed by atoms with Crippen LogP contribution in [0.3, 0.4) is 0 Å². The minimum atomic E-state index is 0.768. The highest BCUT2D eigenvalue weighted by molar-refractivity contribution is 5.71. The normalized spacial score (nSPS) is 11.6. The van der Waals surface area contributed by atoms with Gasteiger partial charge in [-0.15, -0.1) is 0 Å². The minimum absolute atomic E-state index is 0.768. The Labute approximate surface area is 114 Å². The van der Waals surface area contributed by atoms with Crippen molar-refractivity contribution in [3.63, 3.8) is 0 Å². The molecule has 0 unspecified atom stereocenters. The van der Waals surface area contributed by atoms with Crippen LogP contribution in [0.1, 0.15) is 12.2 Å². The third-order valence-corrected chi connectivity index (χ3v) is 3.10. The summed E-state index contributed by atoms with van der Waals surface area (Å²) in [6.07, 6.45) is 3.74. The molecule has 0 atom stereocenters. The molecule has 0 saturated carbocycles. The zero-order valence-corrected chi connectivity index (χ0v) is 12.0. The fourth-order valence-electron chi connectivity index (χ4n) is 2.11. The summed E-state index contributed by atoms with van der Waals surface area (Å²) in [5, 5.41) is 0. The first-order chi connectivity index (χ1) is 9.22. The second-order valence-corrected chi connectivity index (χ2v) is 4.93. The monoisotopic (exact) mass is 262 g/mol. The predicted molar refractivity (Wildman–Crippen MR) is 76.3 cm³/mol. The molecule has 2 rings (SSSR count). The lowest BCUT2D eigenvalue weighted by atomic mass is 10.3. The number of aryl methyl sites for hydroxylation is 1. The molecule has 0 saturated heterocycles. The molecule has 2 aromatic rings. The Balaban J connectivity index is 2.23. The number of likely N-dealkylation sites (N-methyl/N-ethyl adjacent to an activating group) is 1. The Hall–Kier alpha value is -1.46. The van der Waals surface area contributed by atoms with E-state index in [4.69, 9.17) is 4.74 Å². The highest BCUT2D eigenvalue weighted by atomic mass is 16.5. The van der Waals surface area contributed by atoms with Gasteiger partial charge in [0.1, 0.15) is 11.3 Å². The van der Waals surface area contributed by atoms with Crippen molar-refractivity contribution in [2.45, 2.75) is 19.4 Å². The molecular weight excluding hydrogens is 240 g/mol. The lowest BCUT2D eigenvalue weighted by Crippen LogP contribution is -2.20. The van der Waals surface area contributed by atoms with Gasteiger partial charge in [-0.05, 0) is 32.6 Å². The lowest BCUT2D eigenvalue weighted by molar-refractivity contribution is 0.194. The van der Waals surface area contributed by atoms with Crippen LogP contribution in [0.25, 0.3) is 11.2 Å². The van der Waals surface area contributed by atoms with E-state index in [2.05, 4.69) is 33.5 Å². The Kier molecular flexibility index (Phi) is 4.87. The summed E-state index contributed by atoms with van der Waals surface area (Å²) in [5.41, 5.74) is 1.96. The number of ether oxygens (including phenoxy) is 1. The number of hydrogen-bond acceptors (Lipinski definition) is 4. The highest BCUT2D eigenvalue weighted by Gasteiger charge is 2.11. The second-order valence-electron chi connectivity index (χ2n) is 4.93. The molecule has 0 fully saturated rings. The van der Waals surface area contributed by atoms with Gasteiger partial charge in [0, 0.05) is 39.4 Å². The largest absolute Gasteiger partial charge is 0.385 e. The highest BCUT2D eigenvalue weighted by Crippen LogP contribution is 2.14. The van der Waals surface area contributed by atoms with Crippen LogP contribution < -0.4 is 0 Å². The number of methoxy groups -OCH3 is 1. The van der Waals surface area contributed by atoms with Crippen molar-refractivity contribution in [2.24, 2.45) is 0 Å². The molecule has 0 N–H and O–H groups in total. The first-order valence-electron chi connectivity index (χ1n) is 6.66. The zero-order chi connectivity index (χ0) is 13.7. The lowest BCUT2D eigenvalue weighted by Gasteiger charge is -2.12. The third-order valence-electron chi connectivity index (χ3n) is 3.10. The third kappa shape index (κ3) is 3.52. The van der Waals surface area contributed by atoms with E-state index in [1.165, 1.54) is 0 Å². The van der Waals surface area contributed by atoms with Gasteiger partial charge in [-0.1, -0.05) is 0 Å². The number of imidazole rings is 1. The fourth-order valence-corrected chi connectivity index (χ4v) is 2.11. The van der Waals surface area contributed by atoms with E-state index >= 15 is 0 Å². The molecule has 2 heterocycles. The zero-order valence-electron chi connectivity index (χ0n) is 12.0. The van der Waals surface area contributed by atoms with Gasteiger partial charge in [0.05, 0.1) is 0 Å². The van der Waals surface area contributed by atoms with Crippen molar-refractivity contribution < 1.29 is 4.74 Å². The van der Waals surface area contributed by atoms with E-state index < -0.39 is 0 Å². The summed E-state index contributed by atoms with van der Waals surface area (Å²) in [6, 6.07) is 3.96. The first-order valence-corrected chi connectivity index (χ1v) is 6.66. The molecule has 104 valence electrons. The molecule has 5 heteroatoms. The van der Waals surface area contributed by atoms with Crippen LogP contribution >= 0.6 is 0 Å². The molecule has 5 nitrogen and oxygen atoms in total. The number of aromatic nitrogens is 3. The van der Waals surface area contributed by atoms with Gasteiger partial charge in [0.25, 0.3) is 0 Å². The summed E-state index contributed by atoms with van der Waals surface area (Å²) in [5.74, 6) is 1.10. The van der Waals surface area contributed by atoms with Crippen LogP contribution in [0.5, 0.6) is 0 Å². The van der Waals surface area contributed by atoms with Crippen LogP contribution in [-0.4, -0.2) is 53.8 Å². The van der Waals surface area contributed by atoms with Crippen molar-refractivity contribution in [3.05, 3.63) is 24.2 Å². The molecule has 19 heavy (non-hydrogen) atoms. The topological polar surface area (TPSA) is 43.2 Å². The van der Waals surface area contributed by atoms with Gasteiger partial charge < -0.3 is 14.2 Å². The molecule has 0 aliphatic heterocycles. The maximum absolute atomic E-state index is 5.11. The quantitative estimate of drug-likeness (QED) is 0.710. The summed E-state index contributed by atoms with van der Waals surface area (Å²) >= 11 is 0. The van der Waals surface area contributed by atoms with Gasteiger partial charge in [-0.3, -0.25) is 0 Å². The molecule has 0 aliphatic carbocycles. The molecule has 0 amide bonds. The van der Waals surface area contributed by atoms with Crippen LogP contribution in [0.4, 0.5) is 0 Å². The van der Waals surface area contributed by atoms with Gasteiger partial charge in [-0.2, -0.15) is 0 Å². The summed E-state index contributed by atoms with van der Waals surface area (Å²) in [4.78, 5) is 11.3. The van der Waals surface area contributed by atoms with E-state index in [0.29, 0.717) is 0 Å². The number of rotatable bonds is 7. The maximum Gasteiger partial charge on any atom is 0.160 e. The van der Waals surface area contributed by atoms with Crippen LogP contribution in [0.15, 0.2) is 18.3 Å².